The van der Waals surface area contributed by atoms with E-state index in [1.54, 1.807) is 12.1 Å². The van der Waals surface area contributed by atoms with E-state index in [0.717, 1.165) is 31.4 Å². The van der Waals surface area contributed by atoms with Gasteiger partial charge in [-0.1, -0.05) is 18.2 Å². The van der Waals surface area contributed by atoms with Crippen molar-refractivity contribution in [1.82, 2.24) is 14.9 Å². The number of amides is 3. The van der Waals surface area contributed by atoms with E-state index in [1.165, 1.54) is 0 Å². The van der Waals surface area contributed by atoms with Crippen LogP contribution in [-0.4, -0.2) is 75.0 Å². The Morgan fingerprint density at radius 2 is 1.91 bits per heavy atom. The lowest BCUT2D eigenvalue weighted by Crippen LogP contribution is -2.54. The standard InChI is InChI=1S/C30H43N5O7S/c1-19-9-12-25(31)26(14-19)32-29(39)42-22-15-20(18-36)24(16-22)27(37)33-30(28(38)34-43(40,41)23-10-11-23)17-21(30)8-6-4-5-7-13-35(2)3/h6,8-9,12,14,18,20-24H,4-5,7,10-11,13,15-17,31H2,1-3H3,(H,32,39)(H,33,37)(H,34,38)/b8-6-/t20-,21+,22-,24+,30+/m0/s1. The van der Waals surface area contributed by atoms with E-state index in [0.29, 0.717) is 30.5 Å². The van der Waals surface area contributed by atoms with Crippen LogP contribution in [0, 0.1) is 24.7 Å². The van der Waals surface area contributed by atoms with Crippen molar-refractivity contribution in [1.29, 1.82) is 0 Å². The molecule has 236 valence electrons. The molecule has 0 unspecified atom stereocenters. The number of carbonyl (C=O) groups excluding carboxylic acids is 4. The average Bonchev–Trinajstić information content (AvgIpc) is 3.85. The molecule has 0 saturated heterocycles. The summed E-state index contributed by atoms with van der Waals surface area (Å²) in [4.78, 5) is 53.4. The normalized spacial score (nSPS) is 26.7. The summed E-state index contributed by atoms with van der Waals surface area (Å²) >= 11 is 0. The fourth-order valence-electron chi connectivity index (χ4n) is 5.57. The van der Waals surface area contributed by atoms with Gasteiger partial charge in [0.25, 0.3) is 5.91 Å². The number of carbonyl (C=O) groups is 4. The Labute approximate surface area is 253 Å². The number of hydrogen-bond donors (Lipinski definition) is 4. The maximum Gasteiger partial charge on any atom is 0.411 e. The van der Waals surface area contributed by atoms with E-state index < -0.39 is 56.7 Å². The number of sulfonamides is 1. The van der Waals surface area contributed by atoms with Gasteiger partial charge in [0.15, 0.2) is 0 Å². The van der Waals surface area contributed by atoms with Crippen molar-refractivity contribution < 1.29 is 32.3 Å². The Hall–Kier alpha value is -3.45. The molecule has 3 aliphatic carbocycles. The second kappa shape index (κ2) is 13.5. The topological polar surface area (TPSA) is 177 Å². The minimum absolute atomic E-state index is 0.0798. The summed E-state index contributed by atoms with van der Waals surface area (Å²) in [5.41, 5.74) is 6.15. The van der Waals surface area contributed by atoms with Crippen molar-refractivity contribution in [3.63, 3.8) is 0 Å². The quantitative estimate of drug-likeness (QED) is 0.106. The summed E-state index contributed by atoms with van der Waals surface area (Å²) in [5, 5.41) is 4.80. The molecule has 0 bridgehead atoms. The third-order valence-corrected chi connectivity index (χ3v) is 10.2. The summed E-state index contributed by atoms with van der Waals surface area (Å²) in [7, 11) is 0.192. The number of nitrogens with two attached hydrogens (primary N) is 1. The molecular formula is C30H43N5O7S. The molecule has 3 fully saturated rings. The molecule has 0 radical (unpaired) electrons. The third-order valence-electron chi connectivity index (χ3n) is 8.36. The number of unbranched alkanes of at least 4 members (excludes halogenated alkanes) is 2. The van der Waals surface area contributed by atoms with Gasteiger partial charge in [-0.15, -0.1) is 0 Å². The van der Waals surface area contributed by atoms with Gasteiger partial charge in [-0.3, -0.25) is 19.6 Å². The van der Waals surface area contributed by atoms with Gasteiger partial charge in [0.2, 0.25) is 15.9 Å². The number of nitrogens with zero attached hydrogens (tertiary/aromatic N) is 1. The smallest absolute Gasteiger partial charge is 0.411 e. The highest BCUT2D eigenvalue weighted by Crippen LogP contribution is 2.46. The summed E-state index contributed by atoms with van der Waals surface area (Å²) in [6.45, 7) is 2.82. The molecule has 5 N–H and O–H groups in total. The van der Waals surface area contributed by atoms with Crippen molar-refractivity contribution in [2.75, 3.05) is 31.7 Å². The van der Waals surface area contributed by atoms with Gasteiger partial charge in [-0.05, 0) is 96.6 Å². The second-order valence-corrected chi connectivity index (χ2v) is 14.3. The van der Waals surface area contributed by atoms with Crippen LogP contribution in [0.1, 0.15) is 56.9 Å². The molecule has 13 heteroatoms. The highest BCUT2D eigenvalue weighted by atomic mass is 32.2. The predicted octanol–water partition coefficient (Wildman–Crippen LogP) is 2.49. The fourth-order valence-corrected chi connectivity index (χ4v) is 6.93. The zero-order valence-corrected chi connectivity index (χ0v) is 25.8. The molecule has 0 aromatic heterocycles. The number of benzene rings is 1. The maximum absolute atomic E-state index is 13.5. The monoisotopic (exact) mass is 617 g/mol. The van der Waals surface area contributed by atoms with Gasteiger partial charge >= 0.3 is 6.09 Å². The van der Waals surface area contributed by atoms with Crippen LogP contribution in [-0.2, 0) is 29.1 Å². The number of nitrogens with one attached hydrogen (secondary N) is 3. The van der Waals surface area contributed by atoms with E-state index in [1.807, 2.05) is 39.2 Å². The minimum Gasteiger partial charge on any atom is -0.446 e. The molecule has 0 spiro atoms. The Bertz CT molecular complexity index is 1360. The van der Waals surface area contributed by atoms with E-state index in [2.05, 4.69) is 20.3 Å². The largest absolute Gasteiger partial charge is 0.446 e. The van der Waals surface area contributed by atoms with Gasteiger partial charge in [-0.25, -0.2) is 13.2 Å². The molecule has 1 aromatic carbocycles. The lowest BCUT2D eigenvalue weighted by atomic mass is 9.96. The number of nitrogen functional groups attached to an aromatic ring is 1. The number of anilines is 2. The molecule has 5 atom stereocenters. The highest BCUT2D eigenvalue weighted by Gasteiger charge is 2.62. The SMILES string of the molecule is Cc1ccc(N)c(NC(=O)O[C@H]2C[C@@H](C=O)[C@H](C(=O)N[C@]3(C(=O)NS(=O)(=O)C4CC4)C[C@H]3/C=C\CCCCN(C)C)C2)c1. The molecule has 4 rings (SSSR count). The van der Waals surface area contributed by atoms with Crippen LogP contribution in [0.3, 0.4) is 0 Å². The minimum atomic E-state index is -3.83. The molecular weight excluding hydrogens is 574 g/mol. The maximum atomic E-state index is 13.5. The number of aryl methyl sites for hydroxylation is 1. The first-order valence-electron chi connectivity index (χ1n) is 14.8. The molecule has 0 heterocycles. The van der Waals surface area contributed by atoms with Crippen molar-refractivity contribution in [2.45, 2.75) is 75.2 Å². The van der Waals surface area contributed by atoms with E-state index >= 15 is 0 Å². The zero-order chi connectivity index (χ0) is 31.4. The Morgan fingerprint density at radius 3 is 2.58 bits per heavy atom. The van der Waals surface area contributed by atoms with Crippen LogP contribution in [0.4, 0.5) is 16.2 Å². The van der Waals surface area contributed by atoms with E-state index in [-0.39, 0.29) is 25.2 Å². The second-order valence-electron chi connectivity index (χ2n) is 12.3. The van der Waals surface area contributed by atoms with Gasteiger partial charge in [0.1, 0.15) is 17.9 Å². The summed E-state index contributed by atoms with van der Waals surface area (Å²) in [6, 6.07) is 5.17. The van der Waals surface area contributed by atoms with Crippen LogP contribution in [0.25, 0.3) is 0 Å². The molecule has 43 heavy (non-hydrogen) atoms. The van der Waals surface area contributed by atoms with Crippen LogP contribution in [0.2, 0.25) is 0 Å². The van der Waals surface area contributed by atoms with Crippen LogP contribution in [0.5, 0.6) is 0 Å². The molecule has 12 nitrogen and oxygen atoms in total. The summed E-state index contributed by atoms with van der Waals surface area (Å²) in [6.07, 6.45) is 7.23. The van der Waals surface area contributed by atoms with Crippen LogP contribution in [0.15, 0.2) is 30.4 Å². The number of ether oxygens (including phenoxy) is 1. The molecule has 3 aliphatic rings. The molecule has 1 aromatic rings. The first-order chi connectivity index (χ1) is 20.3. The average molecular weight is 618 g/mol. The van der Waals surface area contributed by atoms with Gasteiger partial charge in [0, 0.05) is 11.8 Å². The van der Waals surface area contributed by atoms with E-state index in [9.17, 15) is 27.6 Å². The Morgan fingerprint density at radius 1 is 1.16 bits per heavy atom. The van der Waals surface area contributed by atoms with Gasteiger partial charge in [0.05, 0.1) is 22.5 Å². The third kappa shape index (κ3) is 8.35. The number of allylic oxidation sites excluding steroid dienone is 1. The number of hydrogen-bond acceptors (Lipinski definition) is 9. The highest BCUT2D eigenvalue weighted by molar-refractivity contribution is 7.91. The lowest BCUT2D eigenvalue weighted by Gasteiger charge is -2.22. The predicted molar refractivity (Wildman–Crippen MR) is 162 cm³/mol. The Balaban J connectivity index is 1.40. The molecule has 0 aliphatic heterocycles. The van der Waals surface area contributed by atoms with Crippen LogP contribution >= 0.6 is 0 Å². The number of rotatable bonds is 14. The first-order valence-corrected chi connectivity index (χ1v) is 16.4. The van der Waals surface area contributed by atoms with Crippen molar-refractivity contribution in [3.8, 4) is 0 Å². The number of aldehydes is 1. The summed E-state index contributed by atoms with van der Waals surface area (Å²) < 4.78 is 32.8. The molecule has 3 amide bonds. The fraction of sp³-hybridized carbons (Fsp3) is 0.600. The van der Waals surface area contributed by atoms with E-state index in [4.69, 9.17) is 10.5 Å². The molecule has 3 saturated carbocycles. The summed E-state index contributed by atoms with van der Waals surface area (Å²) in [5.74, 6) is -3.28. The van der Waals surface area contributed by atoms with Gasteiger partial charge in [-0.2, -0.15) is 0 Å². The first kappa shape index (κ1) is 32.5. The Kier molecular flexibility index (Phi) is 10.2. The van der Waals surface area contributed by atoms with Crippen molar-refractivity contribution in [2.24, 2.45) is 17.8 Å². The van der Waals surface area contributed by atoms with Crippen molar-refractivity contribution >= 4 is 45.6 Å². The van der Waals surface area contributed by atoms with Crippen LogP contribution < -0.4 is 21.1 Å². The zero-order valence-electron chi connectivity index (χ0n) is 25.0. The lowest BCUT2D eigenvalue weighted by molar-refractivity contribution is -0.133. The van der Waals surface area contributed by atoms with Crippen molar-refractivity contribution in [3.05, 3.63) is 35.9 Å². The van der Waals surface area contributed by atoms with Gasteiger partial charge < -0.3 is 25.5 Å².